The van der Waals surface area contributed by atoms with Gasteiger partial charge in [-0.3, -0.25) is 9.59 Å². The van der Waals surface area contributed by atoms with Crippen LogP contribution in [0.3, 0.4) is 0 Å². The van der Waals surface area contributed by atoms with Crippen LogP contribution >= 0.6 is 0 Å². The summed E-state index contributed by atoms with van der Waals surface area (Å²) in [4.78, 5) is 37.4. The van der Waals surface area contributed by atoms with Crippen molar-refractivity contribution in [2.75, 3.05) is 20.2 Å². The first kappa shape index (κ1) is 20.9. The molecule has 0 unspecified atom stereocenters. The first-order chi connectivity index (χ1) is 14.9. The number of likely N-dealkylation sites (N-methyl/N-ethyl adjacent to an activating group) is 1. The van der Waals surface area contributed by atoms with Crippen LogP contribution in [0.2, 0.25) is 0 Å². The van der Waals surface area contributed by atoms with Gasteiger partial charge in [0.25, 0.3) is 0 Å². The summed E-state index contributed by atoms with van der Waals surface area (Å²) < 4.78 is 5.56. The Labute approximate surface area is 181 Å². The second-order valence-electron chi connectivity index (χ2n) is 8.26. The second kappa shape index (κ2) is 8.41. The summed E-state index contributed by atoms with van der Waals surface area (Å²) in [6.45, 7) is 0.526. The number of hydrogen-bond donors (Lipinski definition) is 2. The van der Waals surface area contributed by atoms with Crippen molar-refractivity contribution in [3.63, 3.8) is 0 Å². The molecule has 0 radical (unpaired) electrons. The Morgan fingerprint density at radius 2 is 1.65 bits per heavy atom. The molecule has 0 aromatic heterocycles. The van der Waals surface area contributed by atoms with E-state index in [2.05, 4.69) is 29.6 Å². The van der Waals surface area contributed by atoms with E-state index >= 15 is 0 Å². The van der Waals surface area contributed by atoms with Gasteiger partial charge in [-0.2, -0.15) is 0 Å². The predicted molar refractivity (Wildman–Crippen MR) is 115 cm³/mol. The van der Waals surface area contributed by atoms with Crippen LogP contribution < -0.4 is 5.32 Å². The van der Waals surface area contributed by atoms with Gasteiger partial charge < -0.3 is 20.1 Å². The van der Waals surface area contributed by atoms with Crippen LogP contribution in [0.15, 0.2) is 48.5 Å². The second-order valence-corrected chi connectivity index (χ2v) is 8.26. The molecule has 1 saturated carbocycles. The molecule has 2 aromatic rings. The fourth-order valence-electron chi connectivity index (χ4n) is 4.28. The van der Waals surface area contributed by atoms with Gasteiger partial charge in [0.2, 0.25) is 5.91 Å². The van der Waals surface area contributed by atoms with Gasteiger partial charge in [0.05, 0.1) is 0 Å². The number of nitrogens with zero attached hydrogens (tertiary/aromatic N) is 1. The van der Waals surface area contributed by atoms with Crippen molar-refractivity contribution in [1.82, 2.24) is 10.2 Å². The maximum absolute atomic E-state index is 12.7. The Morgan fingerprint density at radius 1 is 1.06 bits per heavy atom. The van der Waals surface area contributed by atoms with Gasteiger partial charge in [-0.1, -0.05) is 48.5 Å². The van der Waals surface area contributed by atoms with Gasteiger partial charge in [-0.05, 0) is 41.5 Å². The molecule has 0 spiro atoms. The number of fused-ring (bicyclic) bond motifs is 3. The molecule has 4 rings (SSSR count). The van der Waals surface area contributed by atoms with Crippen molar-refractivity contribution in [1.29, 1.82) is 0 Å². The normalized spacial score (nSPS) is 15.5. The van der Waals surface area contributed by atoms with Gasteiger partial charge in [0.1, 0.15) is 12.1 Å². The lowest BCUT2D eigenvalue weighted by molar-refractivity contribution is -0.138. The maximum Gasteiger partial charge on any atom is 0.408 e. The summed E-state index contributed by atoms with van der Waals surface area (Å²) in [5, 5.41) is 11.5. The first-order valence-electron chi connectivity index (χ1n) is 10.5. The molecule has 0 heterocycles. The SMILES string of the molecule is CN(CCCC(=O)O)C(=O)C1(NC(=O)OCC2c3ccccc3-c3ccccc32)CC1. The molecule has 162 valence electrons. The molecule has 0 atom stereocenters. The van der Waals surface area contributed by atoms with Crippen LogP contribution in [0.1, 0.15) is 42.7 Å². The Kier molecular flexibility index (Phi) is 5.67. The van der Waals surface area contributed by atoms with E-state index in [-0.39, 0.29) is 24.9 Å². The Hall–Kier alpha value is -3.35. The van der Waals surface area contributed by atoms with E-state index in [0.29, 0.717) is 25.8 Å². The molecule has 2 aliphatic carbocycles. The summed E-state index contributed by atoms with van der Waals surface area (Å²) in [5.74, 6) is -1.13. The lowest BCUT2D eigenvalue weighted by atomic mass is 9.98. The Morgan fingerprint density at radius 3 is 2.19 bits per heavy atom. The topological polar surface area (TPSA) is 95.9 Å². The molecule has 2 aromatic carbocycles. The summed E-state index contributed by atoms with van der Waals surface area (Å²) in [6, 6.07) is 16.2. The molecule has 2 aliphatic rings. The van der Waals surface area contributed by atoms with Crippen LogP contribution in [0.25, 0.3) is 11.1 Å². The van der Waals surface area contributed by atoms with Crippen molar-refractivity contribution < 1.29 is 24.2 Å². The third kappa shape index (κ3) is 4.26. The monoisotopic (exact) mass is 422 g/mol. The number of carbonyl (C=O) groups excluding carboxylic acids is 2. The van der Waals surface area contributed by atoms with Crippen LogP contribution in [0.5, 0.6) is 0 Å². The highest BCUT2D eigenvalue weighted by atomic mass is 16.5. The average molecular weight is 422 g/mol. The van der Waals surface area contributed by atoms with Crippen molar-refractivity contribution in [2.24, 2.45) is 0 Å². The standard InChI is InChI=1S/C24H26N2O5/c1-26(14-6-11-21(27)28)22(29)24(12-13-24)25-23(30)31-15-20-18-9-4-2-7-16(18)17-8-3-5-10-19(17)20/h2-5,7-10,20H,6,11-15H2,1H3,(H,25,30)(H,27,28). The Balaban J connectivity index is 1.36. The van der Waals surface area contributed by atoms with Crippen LogP contribution in [0.4, 0.5) is 4.79 Å². The molecule has 0 aliphatic heterocycles. The maximum atomic E-state index is 12.7. The minimum Gasteiger partial charge on any atom is -0.481 e. The Bertz CT molecular complexity index is 969. The smallest absolute Gasteiger partial charge is 0.408 e. The highest BCUT2D eigenvalue weighted by Gasteiger charge is 2.53. The van der Waals surface area contributed by atoms with Gasteiger partial charge >= 0.3 is 12.1 Å². The number of carbonyl (C=O) groups is 3. The third-order valence-corrected chi connectivity index (χ3v) is 6.08. The van der Waals surface area contributed by atoms with E-state index in [4.69, 9.17) is 9.84 Å². The van der Waals surface area contributed by atoms with E-state index in [1.807, 2.05) is 24.3 Å². The molecule has 7 nitrogen and oxygen atoms in total. The van der Waals surface area contributed by atoms with Crippen molar-refractivity contribution in [3.05, 3.63) is 59.7 Å². The minimum absolute atomic E-state index is 0.00439. The van der Waals surface area contributed by atoms with Gasteiger partial charge in [-0.25, -0.2) is 4.79 Å². The molecule has 0 saturated heterocycles. The molecule has 31 heavy (non-hydrogen) atoms. The van der Waals surface area contributed by atoms with Crippen LogP contribution in [0, 0.1) is 0 Å². The average Bonchev–Trinajstić information content (AvgIpc) is 3.46. The number of rotatable bonds is 8. The van der Waals surface area contributed by atoms with E-state index in [9.17, 15) is 14.4 Å². The fourth-order valence-corrected chi connectivity index (χ4v) is 4.28. The van der Waals surface area contributed by atoms with E-state index in [1.54, 1.807) is 7.05 Å². The fraction of sp³-hybridized carbons (Fsp3) is 0.375. The lowest BCUT2D eigenvalue weighted by Gasteiger charge is -2.24. The van der Waals surface area contributed by atoms with Gasteiger partial charge in [0, 0.05) is 25.9 Å². The molecular weight excluding hydrogens is 396 g/mol. The number of benzene rings is 2. The predicted octanol–water partition coefficient (Wildman–Crippen LogP) is 3.38. The molecule has 7 heteroatoms. The lowest BCUT2D eigenvalue weighted by Crippen LogP contribution is -2.50. The zero-order valence-corrected chi connectivity index (χ0v) is 17.5. The summed E-state index contributed by atoms with van der Waals surface area (Å²) >= 11 is 0. The van der Waals surface area contributed by atoms with Crippen LogP contribution in [-0.2, 0) is 14.3 Å². The number of aliphatic carboxylic acids is 1. The molecular formula is C24H26N2O5. The highest BCUT2D eigenvalue weighted by Crippen LogP contribution is 2.44. The quantitative estimate of drug-likeness (QED) is 0.680. The summed E-state index contributed by atoms with van der Waals surface area (Å²) in [5.41, 5.74) is 3.65. The highest BCUT2D eigenvalue weighted by molar-refractivity contribution is 5.92. The number of nitrogens with one attached hydrogen (secondary N) is 1. The number of ether oxygens (including phenoxy) is 1. The van der Waals surface area contributed by atoms with E-state index < -0.39 is 17.6 Å². The molecule has 2 N–H and O–H groups in total. The van der Waals surface area contributed by atoms with Crippen molar-refractivity contribution >= 4 is 18.0 Å². The van der Waals surface area contributed by atoms with Gasteiger partial charge in [0.15, 0.2) is 0 Å². The number of alkyl carbamates (subject to hydrolysis) is 1. The summed E-state index contributed by atoms with van der Waals surface area (Å²) in [6.07, 6.45) is 0.883. The number of carboxylic acid groups (broad SMARTS) is 1. The molecule has 0 bridgehead atoms. The van der Waals surface area contributed by atoms with Crippen molar-refractivity contribution in [2.45, 2.75) is 37.1 Å². The molecule has 2 amide bonds. The first-order valence-corrected chi connectivity index (χ1v) is 10.5. The zero-order chi connectivity index (χ0) is 22.0. The molecule has 1 fully saturated rings. The minimum atomic E-state index is -0.930. The van der Waals surface area contributed by atoms with Crippen LogP contribution in [-0.4, -0.2) is 53.7 Å². The number of amides is 2. The number of carboxylic acids is 1. The van der Waals surface area contributed by atoms with Crippen molar-refractivity contribution in [3.8, 4) is 11.1 Å². The number of hydrogen-bond acceptors (Lipinski definition) is 4. The van der Waals surface area contributed by atoms with E-state index in [0.717, 1.165) is 22.3 Å². The van der Waals surface area contributed by atoms with Gasteiger partial charge in [-0.15, -0.1) is 0 Å². The third-order valence-electron chi connectivity index (χ3n) is 6.08. The summed E-state index contributed by atoms with van der Waals surface area (Å²) in [7, 11) is 1.63. The largest absolute Gasteiger partial charge is 0.481 e. The van der Waals surface area contributed by atoms with E-state index in [1.165, 1.54) is 4.90 Å². The zero-order valence-electron chi connectivity index (χ0n) is 17.5.